The van der Waals surface area contributed by atoms with Gasteiger partial charge in [0.05, 0.1) is 4.92 Å². The molecule has 1 unspecified atom stereocenters. The summed E-state index contributed by atoms with van der Waals surface area (Å²) in [6, 6.07) is 5.02. The second kappa shape index (κ2) is 3.22. The van der Waals surface area contributed by atoms with E-state index in [1.807, 2.05) is 0 Å². The van der Waals surface area contributed by atoms with Crippen molar-refractivity contribution in [3.05, 3.63) is 33.9 Å². The standard InChI is InChI=1S/C11H14N2O2/c1-3-11(2)7-8-6-9(13(14)15)4-5-10(8)12-11/h4-6,12H,3,7H2,1-2H3. The van der Waals surface area contributed by atoms with Gasteiger partial charge in [0.15, 0.2) is 0 Å². The number of anilines is 1. The molecule has 1 aromatic rings. The summed E-state index contributed by atoms with van der Waals surface area (Å²) in [7, 11) is 0. The number of benzene rings is 1. The normalized spacial score (nSPS) is 23.3. The monoisotopic (exact) mass is 206 g/mol. The molecule has 0 amide bonds. The van der Waals surface area contributed by atoms with E-state index in [0.717, 1.165) is 24.1 Å². The zero-order valence-electron chi connectivity index (χ0n) is 8.91. The summed E-state index contributed by atoms with van der Waals surface area (Å²) in [6.07, 6.45) is 1.87. The largest absolute Gasteiger partial charge is 0.379 e. The van der Waals surface area contributed by atoms with Crippen molar-refractivity contribution in [2.45, 2.75) is 32.2 Å². The van der Waals surface area contributed by atoms with E-state index in [0.29, 0.717) is 0 Å². The molecule has 0 bridgehead atoms. The topological polar surface area (TPSA) is 55.2 Å². The van der Waals surface area contributed by atoms with Crippen molar-refractivity contribution in [3.63, 3.8) is 0 Å². The van der Waals surface area contributed by atoms with Gasteiger partial charge in [0.2, 0.25) is 0 Å². The van der Waals surface area contributed by atoms with Crippen molar-refractivity contribution < 1.29 is 4.92 Å². The third-order valence-electron chi connectivity index (χ3n) is 3.10. The highest BCUT2D eigenvalue weighted by molar-refractivity contribution is 5.62. The van der Waals surface area contributed by atoms with Gasteiger partial charge in [-0.1, -0.05) is 6.92 Å². The van der Waals surface area contributed by atoms with E-state index in [4.69, 9.17) is 0 Å². The van der Waals surface area contributed by atoms with Crippen LogP contribution >= 0.6 is 0 Å². The molecule has 0 saturated carbocycles. The second-order valence-corrected chi connectivity index (χ2v) is 4.31. The molecule has 4 heteroatoms. The van der Waals surface area contributed by atoms with Gasteiger partial charge < -0.3 is 5.32 Å². The van der Waals surface area contributed by atoms with Gasteiger partial charge in [-0.2, -0.15) is 0 Å². The zero-order chi connectivity index (χ0) is 11.1. The predicted octanol–water partition coefficient (Wildman–Crippen LogP) is 2.73. The van der Waals surface area contributed by atoms with E-state index >= 15 is 0 Å². The quantitative estimate of drug-likeness (QED) is 0.598. The Morgan fingerprint density at radius 1 is 1.60 bits per heavy atom. The molecule has 0 saturated heterocycles. The number of rotatable bonds is 2. The molecule has 1 aromatic carbocycles. The van der Waals surface area contributed by atoms with Gasteiger partial charge in [-0.15, -0.1) is 0 Å². The summed E-state index contributed by atoms with van der Waals surface area (Å²) in [5.41, 5.74) is 2.31. The summed E-state index contributed by atoms with van der Waals surface area (Å²) in [5, 5.41) is 14.0. The van der Waals surface area contributed by atoms with Crippen molar-refractivity contribution in [2.24, 2.45) is 0 Å². The second-order valence-electron chi connectivity index (χ2n) is 4.31. The Morgan fingerprint density at radius 3 is 2.93 bits per heavy atom. The van der Waals surface area contributed by atoms with Gasteiger partial charge in [-0.25, -0.2) is 0 Å². The summed E-state index contributed by atoms with van der Waals surface area (Å²) >= 11 is 0. The Kier molecular flexibility index (Phi) is 2.14. The van der Waals surface area contributed by atoms with Gasteiger partial charge >= 0.3 is 0 Å². The van der Waals surface area contributed by atoms with E-state index < -0.39 is 0 Å². The van der Waals surface area contributed by atoms with Crippen molar-refractivity contribution in [2.75, 3.05) is 5.32 Å². The molecule has 1 heterocycles. The average molecular weight is 206 g/mol. The van der Waals surface area contributed by atoms with Crippen LogP contribution in [0.1, 0.15) is 25.8 Å². The molecule has 80 valence electrons. The maximum atomic E-state index is 10.6. The van der Waals surface area contributed by atoms with E-state index in [1.165, 1.54) is 0 Å². The maximum Gasteiger partial charge on any atom is 0.269 e. The number of fused-ring (bicyclic) bond motifs is 1. The van der Waals surface area contributed by atoms with Crippen LogP contribution in [0, 0.1) is 10.1 Å². The molecule has 1 aliphatic rings. The van der Waals surface area contributed by atoms with Gasteiger partial charge in [0, 0.05) is 23.4 Å². The van der Waals surface area contributed by atoms with E-state index in [9.17, 15) is 10.1 Å². The molecule has 2 rings (SSSR count). The molecule has 1 atom stereocenters. The molecular weight excluding hydrogens is 192 g/mol. The van der Waals surface area contributed by atoms with Crippen LogP contribution in [0.15, 0.2) is 18.2 Å². The molecule has 0 spiro atoms. The van der Waals surface area contributed by atoms with Gasteiger partial charge in [-0.05, 0) is 31.4 Å². The van der Waals surface area contributed by atoms with Gasteiger partial charge in [0.1, 0.15) is 0 Å². The average Bonchev–Trinajstić information content (AvgIpc) is 2.53. The number of nitro groups is 1. The molecular formula is C11H14N2O2. The first kappa shape index (κ1) is 9.96. The highest BCUT2D eigenvalue weighted by Crippen LogP contribution is 2.35. The van der Waals surface area contributed by atoms with Gasteiger partial charge in [-0.3, -0.25) is 10.1 Å². The summed E-state index contributed by atoms with van der Waals surface area (Å²) in [5.74, 6) is 0. The molecule has 1 aliphatic heterocycles. The summed E-state index contributed by atoms with van der Waals surface area (Å²) in [6.45, 7) is 4.26. The minimum absolute atomic E-state index is 0.0531. The molecule has 0 aliphatic carbocycles. The Labute approximate surface area is 88.5 Å². The number of non-ortho nitro benzene ring substituents is 1. The zero-order valence-corrected chi connectivity index (χ0v) is 8.91. The number of nitro benzene ring substituents is 1. The van der Waals surface area contributed by atoms with Crippen LogP contribution in [0.25, 0.3) is 0 Å². The highest BCUT2D eigenvalue weighted by Gasteiger charge is 2.31. The molecule has 0 fully saturated rings. The van der Waals surface area contributed by atoms with Crippen LogP contribution in [0.4, 0.5) is 11.4 Å². The van der Waals surface area contributed by atoms with E-state index in [1.54, 1.807) is 18.2 Å². The first-order chi connectivity index (χ1) is 7.04. The maximum absolute atomic E-state index is 10.6. The van der Waals surface area contributed by atoms with Crippen LogP contribution < -0.4 is 5.32 Å². The minimum Gasteiger partial charge on any atom is -0.379 e. The first-order valence-corrected chi connectivity index (χ1v) is 5.09. The van der Waals surface area contributed by atoms with E-state index in [2.05, 4.69) is 19.2 Å². The lowest BCUT2D eigenvalue weighted by Crippen LogP contribution is -2.30. The van der Waals surface area contributed by atoms with Crippen LogP contribution in [-0.2, 0) is 6.42 Å². The molecule has 4 nitrogen and oxygen atoms in total. The van der Waals surface area contributed by atoms with E-state index in [-0.39, 0.29) is 16.1 Å². The lowest BCUT2D eigenvalue weighted by Gasteiger charge is -2.22. The van der Waals surface area contributed by atoms with Crippen molar-refractivity contribution in [3.8, 4) is 0 Å². The minimum atomic E-state index is -0.345. The third-order valence-corrected chi connectivity index (χ3v) is 3.10. The van der Waals surface area contributed by atoms with Gasteiger partial charge in [0.25, 0.3) is 5.69 Å². The Hall–Kier alpha value is -1.58. The smallest absolute Gasteiger partial charge is 0.269 e. The number of nitrogens with one attached hydrogen (secondary N) is 1. The fraction of sp³-hybridized carbons (Fsp3) is 0.455. The fourth-order valence-electron chi connectivity index (χ4n) is 1.96. The SMILES string of the molecule is CCC1(C)Cc2cc([N+](=O)[O-])ccc2N1. The number of hydrogen-bond acceptors (Lipinski definition) is 3. The Morgan fingerprint density at radius 2 is 2.33 bits per heavy atom. The summed E-state index contributed by atoms with van der Waals surface area (Å²) < 4.78 is 0. The molecule has 0 radical (unpaired) electrons. The van der Waals surface area contributed by atoms with Crippen molar-refractivity contribution in [1.29, 1.82) is 0 Å². The molecule has 15 heavy (non-hydrogen) atoms. The Balaban J connectivity index is 2.35. The molecule has 0 aromatic heterocycles. The fourth-order valence-corrected chi connectivity index (χ4v) is 1.96. The Bertz CT molecular complexity index is 417. The molecule has 1 N–H and O–H groups in total. The number of hydrogen-bond donors (Lipinski definition) is 1. The van der Waals surface area contributed by atoms with Crippen molar-refractivity contribution in [1.82, 2.24) is 0 Å². The lowest BCUT2D eigenvalue weighted by atomic mass is 9.95. The van der Waals surface area contributed by atoms with Crippen LogP contribution in [0.3, 0.4) is 0 Å². The third kappa shape index (κ3) is 1.67. The highest BCUT2D eigenvalue weighted by atomic mass is 16.6. The predicted molar refractivity (Wildman–Crippen MR) is 59.1 cm³/mol. The van der Waals surface area contributed by atoms with Crippen LogP contribution in [0.5, 0.6) is 0 Å². The first-order valence-electron chi connectivity index (χ1n) is 5.09. The lowest BCUT2D eigenvalue weighted by molar-refractivity contribution is -0.384. The van der Waals surface area contributed by atoms with Crippen molar-refractivity contribution >= 4 is 11.4 Å². The van der Waals surface area contributed by atoms with Crippen LogP contribution in [-0.4, -0.2) is 10.5 Å². The van der Waals surface area contributed by atoms with Crippen LogP contribution in [0.2, 0.25) is 0 Å². The number of nitrogens with zero attached hydrogens (tertiary/aromatic N) is 1. The summed E-state index contributed by atoms with van der Waals surface area (Å²) in [4.78, 5) is 10.3.